The fraction of sp³-hybridized carbons (Fsp3) is 0.500. The summed E-state index contributed by atoms with van der Waals surface area (Å²) in [6.07, 6.45) is 5.35. The minimum Gasteiger partial charge on any atom is -0.317 e. The fourth-order valence-electron chi connectivity index (χ4n) is 1.69. The lowest BCUT2D eigenvalue weighted by Gasteiger charge is -2.09. The number of hydrogen-bond donors (Lipinski definition) is 1. The Balaban J connectivity index is 0.000000137. The zero-order valence-corrected chi connectivity index (χ0v) is 8.05. The Morgan fingerprint density at radius 3 is 1.69 bits per heavy atom. The molecule has 1 heterocycles. The van der Waals surface area contributed by atoms with Gasteiger partial charge < -0.3 is 5.32 Å². The van der Waals surface area contributed by atoms with E-state index in [0.717, 1.165) is 0 Å². The van der Waals surface area contributed by atoms with E-state index in [1.807, 2.05) is 0 Å². The zero-order valence-electron chi connectivity index (χ0n) is 8.05. The third-order valence-electron chi connectivity index (χ3n) is 2.72. The van der Waals surface area contributed by atoms with Crippen molar-refractivity contribution in [2.75, 3.05) is 13.1 Å². The maximum Gasteiger partial charge on any atom is -0.00368 e. The standard InChI is InChI=1S/C9H10.C3H7N/c1-2-5-9-7-3-6-8(9)4-1;1-2-4-3-1/h1-2,4-5H,3,6-7H2;4H,1-3H2. The minimum atomic E-state index is 1.25. The topological polar surface area (TPSA) is 12.0 Å². The van der Waals surface area contributed by atoms with E-state index in [2.05, 4.69) is 29.6 Å². The van der Waals surface area contributed by atoms with Gasteiger partial charge in [0.05, 0.1) is 0 Å². The van der Waals surface area contributed by atoms with E-state index in [4.69, 9.17) is 0 Å². The Kier molecular flexibility index (Phi) is 2.98. The van der Waals surface area contributed by atoms with Crippen LogP contribution in [0.2, 0.25) is 0 Å². The highest BCUT2D eigenvalue weighted by Gasteiger charge is 2.07. The molecule has 0 unspecified atom stereocenters. The minimum absolute atomic E-state index is 1.25. The molecule has 0 aromatic heterocycles. The van der Waals surface area contributed by atoms with Crippen molar-refractivity contribution < 1.29 is 0 Å². The van der Waals surface area contributed by atoms with Crippen LogP contribution in [0.4, 0.5) is 0 Å². The first kappa shape index (κ1) is 8.76. The monoisotopic (exact) mass is 175 g/mol. The van der Waals surface area contributed by atoms with Crippen molar-refractivity contribution >= 4 is 0 Å². The first-order valence-corrected chi connectivity index (χ1v) is 5.24. The third-order valence-corrected chi connectivity index (χ3v) is 2.72. The van der Waals surface area contributed by atoms with Crippen molar-refractivity contribution in [3.05, 3.63) is 35.4 Å². The highest BCUT2D eigenvalue weighted by Crippen LogP contribution is 2.20. The number of benzene rings is 1. The molecular weight excluding hydrogens is 158 g/mol. The summed E-state index contributed by atoms with van der Waals surface area (Å²) >= 11 is 0. The smallest absolute Gasteiger partial charge is 0.00368 e. The molecule has 1 aromatic rings. The van der Waals surface area contributed by atoms with Crippen molar-refractivity contribution in [1.82, 2.24) is 5.32 Å². The van der Waals surface area contributed by atoms with E-state index >= 15 is 0 Å². The molecule has 1 aliphatic carbocycles. The molecule has 0 radical (unpaired) electrons. The molecule has 1 saturated heterocycles. The van der Waals surface area contributed by atoms with E-state index in [9.17, 15) is 0 Å². The van der Waals surface area contributed by atoms with Crippen molar-refractivity contribution in [3.8, 4) is 0 Å². The van der Waals surface area contributed by atoms with Gasteiger partial charge in [-0.25, -0.2) is 0 Å². The molecule has 1 aliphatic heterocycles. The molecule has 0 bridgehead atoms. The summed E-state index contributed by atoms with van der Waals surface area (Å²) in [7, 11) is 0. The average molecular weight is 175 g/mol. The SMILES string of the molecule is C1CNC1.c1ccc2c(c1)CCC2. The lowest BCUT2D eigenvalue weighted by atomic mass is 10.1. The largest absolute Gasteiger partial charge is 0.317 e. The summed E-state index contributed by atoms with van der Waals surface area (Å²) in [5.41, 5.74) is 3.13. The molecule has 3 rings (SSSR count). The quantitative estimate of drug-likeness (QED) is 0.637. The van der Waals surface area contributed by atoms with Crippen LogP contribution >= 0.6 is 0 Å². The van der Waals surface area contributed by atoms with Gasteiger partial charge in [0.25, 0.3) is 0 Å². The van der Waals surface area contributed by atoms with Crippen LogP contribution in [0, 0.1) is 0 Å². The van der Waals surface area contributed by atoms with Gasteiger partial charge in [0, 0.05) is 0 Å². The molecule has 1 N–H and O–H groups in total. The Bertz CT molecular complexity index is 237. The van der Waals surface area contributed by atoms with E-state index in [-0.39, 0.29) is 0 Å². The average Bonchev–Trinajstić information content (AvgIpc) is 2.47. The van der Waals surface area contributed by atoms with Crippen LogP contribution in [0.1, 0.15) is 24.0 Å². The molecule has 0 spiro atoms. The van der Waals surface area contributed by atoms with Gasteiger partial charge in [0.2, 0.25) is 0 Å². The predicted octanol–water partition coefficient (Wildman–Crippen LogP) is 2.16. The summed E-state index contributed by atoms with van der Waals surface area (Å²) in [5.74, 6) is 0. The normalized spacial score (nSPS) is 18.2. The van der Waals surface area contributed by atoms with E-state index in [1.54, 1.807) is 11.1 Å². The van der Waals surface area contributed by atoms with Crippen molar-refractivity contribution in [1.29, 1.82) is 0 Å². The lowest BCUT2D eigenvalue weighted by molar-refractivity contribution is 0.527. The van der Waals surface area contributed by atoms with Crippen LogP contribution < -0.4 is 5.32 Å². The van der Waals surface area contributed by atoms with Crippen LogP contribution in [-0.4, -0.2) is 13.1 Å². The summed E-state index contributed by atoms with van der Waals surface area (Å²) < 4.78 is 0. The van der Waals surface area contributed by atoms with E-state index in [0.29, 0.717) is 0 Å². The van der Waals surface area contributed by atoms with Gasteiger partial charge in [-0.1, -0.05) is 24.3 Å². The lowest BCUT2D eigenvalue weighted by Crippen LogP contribution is -2.29. The molecule has 1 fully saturated rings. The summed E-state index contributed by atoms with van der Waals surface area (Å²) in [6.45, 7) is 2.50. The molecular formula is C12H17N. The molecule has 2 aliphatic rings. The second-order valence-electron chi connectivity index (χ2n) is 3.73. The van der Waals surface area contributed by atoms with Crippen LogP contribution in [-0.2, 0) is 12.8 Å². The Morgan fingerprint density at radius 2 is 1.31 bits per heavy atom. The van der Waals surface area contributed by atoms with Crippen LogP contribution in [0.25, 0.3) is 0 Å². The number of nitrogens with one attached hydrogen (secondary N) is 1. The first-order valence-electron chi connectivity index (χ1n) is 5.24. The second-order valence-corrected chi connectivity index (χ2v) is 3.73. The molecule has 70 valence electrons. The van der Waals surface area contributed by atoms with Gasteiger partial charge >= 0.3 is 0 Å². The van der Waals surface area contributed by atoms with E-state index in [1.165, 1.54) is 38.8 Å². The summed E-state index contributed by atoms with van der Waals surface area (Å²) in [6, 6.07) is 8.74. The second kappa shape index (κ2) is 4.43. The van der Waals surface area contributed by atoms with Crippen LogP contribution in [0.3, 0.4) is 0 Å². The highest BCUT2D eigenvalue weighted by atomic mass is 14.9. The molecule has 0 atom stereocenters. The van der Waals surface area contributed by atoms with E-state index < -0.39 is 0 Å². The zero-order chi connectivity index (χ0) is 8.93. The van der Waals surface area contributed by atoms with Crippen LogP contribution in [0.5, 0.6) is 0 Å². The van der Waals surface area contributed by atoms with Crippen LogP contribution in [0.15, 0.2) is 24.3 Å². The summed E-state index contributed by atoms with van der Waals surface area (Å²) in [4.78, 5) is 0. The fourth-order valence-corrected chi connectivity index (χ4v) is 1.69. The molecule has 13 heavy (non-hydrogen) atoms. The van der Waals surface area contributed by atoms with Gasteiger partial charge in [-0.2, -0.15) is 0 Å². The van der Waals surface area contributed by atoms with Gasteiger partial charge in [0.15, 0.2) is 0 Å². The number of fused-ring (bicyclic) bond motifs is 1. The first-order chi connectivity index (χ1) is 6.47. The van der Waals surface area contributed by atoms with Crippen molar-refractivity contribution in [3.63, 3.8) is 0 Å². The van der Waals surface area contributed by atoms with Crippen molar-refractivity contribution in [2.45, 2.75) is 25.7 Å². The molecule has 0 amide bonds. The maximum absolute atomic E-state index is 3.11. The highest BCUT2D eigenvalue weighted by molar-refractivity contribution is 5.30. The number of aryl methyl sites for hydroxylation is 2. The Hall–Kier alpha value is -0.820. The number of hydrogen-bond acceptors (Lipinski definition) is 1. The molecule has 0 saturated carbocycles. The Morgan fingerprint density at radius 1 is 0.846 bits per heavy atom. The molecule has 1 aromatic carbocycles. The Labute approximate surface area is 80.2 Å². The summed E-state index contributed by atoms with van der Waals surface area (Å²) in [5, 5.41) is 3.11. The number of rotatable bonds is 0. The predicted molar refractivity (Wildman–Crippen MR) is 56.0 cm³/mol. The van der Waals surface area contributed by atoms with Gasteiger partial charge in [-0.3, -0.25) is 0 Å². The van der Waals surface area contributed by atoms with Gasteiger partial charge in [0.1, 0.15) is 0 Å². The van der Waals surface area contributed by atoms with Gasteiger partial charge in [-0.05, 0) is 49.9 Å². The van der Waals surface area contributed by atoms with Crippen molar-refractivity contribution in [2.24, 2.45) is 0 Å². The molecule has 1 nitrogen and oxygen atoms in total. The third kappa shape index (κ3) is 2.31. The maximum atomic E-state index is 3.11. The molecule has 1 heteroatoms. The van der Waals surface area contributed by atoms with Gasteiger partial charge in [-0.15, -0.1) is 0 Å².